The first kappa shape index (κ1) is 20.4. The Morgan fingerprint density at radius 1 is 1.13 bits per heavy atom. The number of ether oxygens (including phenoxy) is 1. The molecule has 0 spiro atoms. The second kappa shape index (κ2) is 7.77. The largest absolute Gasteiger partial charge is 0.453 e. The summed E-state index contributed by atoms with van der Waals surface area (Å²) in [5.74, 6) is 1.03. The Labute approximate surface area is 177 Å². The van der Waals surface area contributed by atoms with Crippen molar-refractivity contribution in [3.05, 3.63) is 59.8 Å². The molecule has 2 aliphatic rings. The molecule has 0 radical (unpaired) electrons. The molecule has 158 valence electrons. The third kappa shape index (κ3) is 3.93. The summed E-state index contributed by atoms with van der Waals surface area (Å²) in [5.41, 5.74) is 3.78. The maximum absolute atomic E-state index is 11.6. The van der Waals surface area contributed by atoms with Gasteiger partial charge in [0.2, 0.25) is 0 Å². The van der Waals surface area contributed by atoms with Crippen molar-refractivity contribution in [3.8, 4) is 11.5 Å². The summed E-state index contributed by atoms with van der Waals surface area (Å²) in [6.45, 7) is 3.99. The maximum atomic E-state index is 11.6. The third-order valence-corrected chi connectivity index (χ3v) is 6.33. The van der Waals surface area contributed by atoms with Gasteiger partial charge in [-0.05, 0) is 56.2 Å². The lowest BCUT2D eigenvalue weighted by molar-refractivity contribution is 0.260. The van der Waals surface area contributed by atoms with E-state index in [0.29, 0.717) is 11.5 Å². The summed E-state index contributed by atoms with van der Waals surface area (Å²) in [6.07, 6.45) is 3.53. The minimum Gasteiger partial charge on any atom is -0.453 e. The van der Waals surface area contributed by atoms with Crippen LogP contribution >= 0.6 is 0 Å². The van der Waals surface area contributed by atoms with Crippen LogP contribution in [-0.2, 0) is 10.1 Å². The smallest absolute Gasteiger partial charge is 0.264 e. The van der Waals surface area contributed by atoms with E-state index in [4.69, 9.17) is 4.74 Å². The zero-order valence-electron chi connectivity index (χ0n) is 17.2. The number of benzene rings is 2. The van der Waals surface area contributed by atoms with Crippen LogP contribution in [0.3, 0.4) is 0 Å². The van der Waals surface area contributed by atoms with Gasteiger partial charge in [0, 0.05) is 19.0 Å². The monoisotopic (exact) mass is 427 g/mol. The van der Waals surface area contributed by atoms with Crippen LogP contribution in [0.1, 0.15) is 18.9 Å². The summed E-state index contributed by atoms with van der Waals surface area (Å²) >= 11 is 0. The van der Waals surface area contributed by atoms with E-state index in [2.05, 4.69) is 9.89 Å². The highest BCUT2D eigenvalue weighted by molar-refractivity contribution is 7.85. The van der Waals surface area contributed by atoms with Gasteiger partial charge in [0.05, 0.1) is 23.2 Å². The molecule has 30 heavy (non-hydrogen) atoms. The Morgan fingerprint density at radius 3 is 2.63 bits per heavy atom. The van der Waals surface area contributed by atoms with Crippen LogP contribution in [0.15, 0.2) is 59.2 Å². The van der Waals surface area contributed by atoms with Crippen molar-refractivity contribution in [2.45, 2.75) is 32.5 Å². The lowest BCUT2D eigenvalue weighted by atomic mass is 10.0. The topological polar surface area (TPSA) is 82.4 Å². The van der Waals surface area contributed by atoms with Crippen molar-refractivity contribution in [1.82, 2.24) is 4.90 Å². The minimum atomic E-state index is -4.13. The van der Waals surface area contributed by atoms with Crippen LogP contribution in [0.5, 0.6) is 11.5 Å². The molecule has 2 heterocycles. The molecule has 0 aliphatic carbocycles. The van der Waals surface area contributed by atoms with E-state index in [0.717, 1.165) is 22.6 Å². The molecular weight excluding hydrogens is 402 g/mol. The summed E-state index contributed by atoms with van der Waals surface area (Å²) in [6, 6.07) is 13.3. The van der Waals surface area contributed by atoms with E-state index in [1.165, 1.54) is 0 Å². The molecule has 2 aromatic carbocycles. The van der Waals surface area contributed by atoms with Gasteiger partial charge in [0.1, 0.15) is 6.17 Å². The van der Waals surface area contributed by atoms with E-state index >= 15 is 0 Å². The highest BCUT2D eigenvalue weighted by Crippen LogP contribution is 2.49. The molecule has 0 amide bonds. The average Bonchev–Trinajstić information content (AvgIpc) is 2.69. The van der Waals surface area contributed by atoms with Crippen LogP contribution in [0.25, 0.3) is 0 Å². The summed E-state index contributed by atoms with van der Waals surface area (Å²) in [4.78, 5) is 8.80. The molecule has 0 saturated heterocycles. The molecule has 2 unspecified atom stereocenters. The zero-order valence-corrected chi connectivity index (χ0v) is 18.0. The van der Waals surface area contributed by atoms with Gasteiger partial charge >= 0.3 is 0 Å². The molecule has 2 aliphatic heterocycles. The predicted molar refractivity (Wildman–Crippen MR) is 118 cm³/mol. The molecule has 0 bridgehead atoms. The van der Waals surface area contributed by atoms with E-state index < -0.39 is 10.1 Å². The highest BCUT2D eigenvalue weighted by atomic mass is 32.2. The van der Waals surface area contributed by atoms with Gasteiger partial charge in [-0.25, -0.2) is 0 Å². The number of anilines is 2. The number of aliphatic imine (C=N–C) groups is 1. The average molecular weight is 428 g/mol. The van der Waals surface area contributed by atoms with Crippen molar-refractivity contribution >= 4 is 27.7 Å². The van der Waals surface area contributed by atoms with Gasteiger partial charge in [-0.1, -0.05) is 18.2 Å². The summed E-state index contributed by atoms with van der Waals surface area (Å²) in [7, 11) is -2.19. The van der Waals surface area contributed by atoms with Crippen molar-refractivity contribution in [2.24, 2.45) is 4.99 Å². The van der Waals surface area contributed by atoms with E-state index in [1.807, 2.05) is 74.3 Å². The molecular formula is C22H25N3O4S. The van der Waals surface area contributed by atoms with E-state index in [-0.39, 0.29) is 24.4 Å². The molecule has 0 saturated carbocycles. The lowest BCUT2D eigenvalue weighted by Gasteiger charge is -2.44. The minimum absolute atomic E-state index is 0.195. The van der Waals surface area contributed by atoms with Gasteiger partial charge < -0.3 is 14.5 Å². The zero-order chi connectivity index (χ0) is 21.5. The number of nitrogens with zero attached hydrogens (tertiary/aromatic N) is 3. The van der Waals surface area contributed by atoms with Gasteiger partial charge in [0.15, 0.2) is 11.5 Å². The number of para-hydroxylation sites is 2. The molecule has 0 aromatic heterocycles. The number of allylic oxidation sites excluding steroid dienone is 2. The quantitative estimate of drug-likeness (QED) is 0.723. The van der Waals surface area contributed by atoms with Crippen molar-refractivity contribution in [3.63, 3.8) is 0 Å². The number of rotatable bonds is 5. The number of fused-ring (bicyclic) bond motifs is 2. The van der Waals surface area contributed by atoms with E-state index in [1.54, 1.807) is 6.21 Å². The van der Waals surface area contributed by atoms with Crippen molar-refractivity contribution in [1.29, 1.82) is 0 Å². The second-order valence-corrected chi connectivity index (χ2v) is 9.26. The fourth-order valence-corrected chi connectivity index (χ4v) is 4.49. The first-order chi connectivity index (χ1) is 14.2. The normalized spacial score (nSPS) is 18.9. The van der Waals surface area contributed by atoms with Gasteiger partial charge in [-0.15, -0.1) is 0 Å². The van der Waals surface area contributed by atoms with Crippen molar-refractivity contribution < 1.29 is 17.7 Å². The molecule has 0 fully saturated rings. The predicted octanol–water partition coefficient (Wildman–Crippen LogP) is 4.13. The molecule has 4 rings (SSSR count). The summed E-state index contributed by atoms with van der Waals surface area (Å²) in [5, 5.41) is 0. The van der Waals surface area contributed by atoms with Crippen LogP contribution in [0.2, 0.25) is 0 Å². The SMILES string of the molecule is CC1=CC=NC(C(CCS(=O)(=O)O)N2c3ccccc3Oc3ccc(C)cc32)N1C. The Balaban J connectivity index is 1.86. The van der Waals surface area contributed by atoms with Crippen molar-refractivity contribution in [2.75, 3.05) is 17.7 Å². The first-order valence-corrected chi connectivity index (χ1v) is 11.4. The van der Waals surface area contributed by atoms with Gasteiger partial charge in [-0.2, -0.15) is 8.42 Å². The second-order valence-electron chi connectivity index (χ2n) is 7.68. The number of likely N-dealkylation sites (N-methyl/N-ethyl adjacent to an activating group) is 1. The first-order valence-electron chi connectivity index (χ1n) is 9.79. The molecule has 2 atom stereocenters. The maximum Gasteiger partial charge on any atom is 0.264 e. The molecule has 1 N–H and O–H groups in total. The van der Waals surface area contributed by atoms with Gasteiger partial charge in [0.25, 0.3) is 10.1 Å². The number of hydrogen-bond donors (Lipinski definition) is 1. The highest BCUT2D eigenvalue weighted by Gasteiger charge is 2.37. The molecule has 8 heteroatoms. The van der Waals surface area contributed by atoms with Crippen LogP contribution < -0.4 is 9.64 Å². The fourth-order valence-electron chi connectivity index (χ4n) is 3.95. The number of aryl methyl sites for hydroxylation is 1. The van der Waals surface area contributed by atoms with Crippen LogP contribution in [0.4, 0.5) is 11.4 Å². The third-order valence-electron chi connectivity index (χ3n) is 5.57. The lowest BCUT2D eigenvalue weighted by Crippen LogP contribution is -2.50. The molecule has 7 nitrogen and oxygen atoms in total. The van der Waals surface area contributed by atoms with Gasteiger partial charge in [-0.3, -0.25) is 9.55 Å². The Morgan fingerprint density at radius 2 is 1.87 bits per heavy atom. The summed E-state index contributed by atoms with van der Waals surface area (Å²) < 4.78 is 38.9. The van der Waals surface area contributed by atoms with Crippen LogP contribution in [-0.4, -0.2) is 49.1 Å². The Kier molecular flexibility index (Phi) is 5.29. The van der Waals surface area contributed by atoms with E-state index in [9.17, 15) is 13.0 Å². The Hall–Kier alpha value is -2.84. The molecule has 2 aromatic rings. The van der Waals surface area contributed by atoms with Crippen LogP contribution in [0, 0.1) is 6.92 Å². The Bertz CT molecular complexity index is 1130. The number of hydrogen-bond acceptors (Lipinski definition) is 6. The standard InChI is InChI=1S/C22H25N3O4S/c1-15-8-9-21-19(14-15)25(17-6-4-5-7-20(17)29-21)18(11-13-30(26,27)28)22-23-12-10-16(2)24(22)3/h4-10,12,14,18,22H,11,13H2,1-3H3,(H,26,27,28). The fraction of sp³-hybridized carbons (Fsp3) is 0.318.